The lowest BCUT2D eigenvalue weighted by Gasteiger charge is -2.22. The minimum absolute atomic E-state index is 0.0872. The fourth-order valence-electron chi connectivity index (χ4n) is 1.43. The lowest BCUT2D eigenvalue weighted by atomic mass is 9.92. The first-order valence-electron chi connectivity index (χ1n) is 6.44. The van der Waals surface area contributed by atoms with Crippen molar-refractivity contribution in [1.29, 1.82) is 0 Å². The Hall–Kier alpha value is -1.26. The van der Waals surface area contributed by atoms with Crippen molar-refractivity contribution < 1.29 is 14.7 Å². The fourth-order valence-corrected chi connectivity index (χ4v) is 1.43. The van der Waals surface area contributed by atoms with Crippen LogP contribution in [0.3, 0.4) is 0 Å². The summed E-state index contributed by atoms with van der Waals surface area (Å²) in [4.78, 5) is 22.6. The van der Waals surface area contributed by atoms with Crippen LogP contribution in [-0.4, -0.2) is 29.7 Å². The molecule has 0 aliphatic carbocycles. The molecule has 0 aromatic rings. The van der Waals surface area contributed by atoms with Crippen LogP contribution in [0.5, 0.6) is 0 Å². The molecule has 0 radical (unpaired) electrons. The zero-order valence-corrected chi connectivity index (χ0v) is 12.0. The highest BCUT2D eigenvalue weighted by molar-refractivity contribution is 5.82. The molecule has 0 fully saturated rings. The van der Waals surface area contributed by atoms with Gasteiger partial charge in [-0.2, -0.15) is 0 Å². The van der Waals surface area contributed by atoms with Crippen molar-refractivity contribution in [1.82, 2.24) is 10.6 Å². The quantitative estimate of drug-likeness (QED) is 0.683. The molecule has 0 heterocycles. The third-order valence-corrected chi connectivity index (χ3v) is 2.93. The summed E-state index contributed by atoms with van der Waals surface area (Å²) in [7, 11) is 0. The number of carboxylic acids is 1. The van der Waals surface area contributed by atoms with Crippen LogP contribution in [0.15, 0.2) is 0 Å². The van der Waals surface area contributed by atoms with E-state index in [1.165, 1.54) is 0 Å². The fraction of sp³-hybridized carbons (Fsp3) is 0.846. The topological polar surface area (TPSA) is 78.4 Å². The second kappa shape index (κ2) is 7.24. The van der Waals surface area contributed by atoms with Gasteiger partial charge in [-0.1, -0.05) is 41.0 Å². The van der Waals surface area contributed by atoms with Crippen LogP contribution in [0, 0.1) is 11.3 Å². The normalized spacial score (nSPS) is 14.7. The maximum absolute atomic E-state index is 11.6. The summed E-state index contributed by atoms with van der Waals surface area (Å²) in [6.45, 7) is 10.5. The number of amides is 2. The van der Waals surface area contributed by atoms with E-state index < -0.39 is 18.0 Å². The number of hydrogen-bond acceptors (Lipinski definition) is 2. The van der Waals surface area contributed by atoms with Gasteiger partial charge in [-0.3, -0.25) is 0 Å². The van der Waals surface area contributed by atoms with E-state index in [0.29, 0.717) is 13.0 Å². The first kappa shape index (κ1) is 16.7. The van der Waals surface area contributed by atoms with E-state index in [2.05, 4.69) is 31.4 Å². The van der Waals surface area contributed by atoms with Crippen LogP contribution in [0.25, 0.3) is 0 Å². The number of carbonyl (C=O) groups is 2. The third-order valence-electron chi connectivity index (χ3n) is 2.93. The molecule has 0 bridgehead atoms. The van der Waals surface area contributed by atoms with Gasteiger partial charge in [-0.05, 0) is 17.8 Å². The average molecular weight is 258 g/mol. The summed E-state index contributed by atoms with van der Waals surface area (Å²) in [6.07, 6.45) is 1.56. The molecule has 0 aromatic carbocycles. The molecule has 0 aromatic heterocycles. The van der Waals surface area contributed by atoms with E-state index >= 15 is 0 Å². The van der Waals surface area contributed by atoms with E-state index in [0.717, 1.165) is 6.42 Å². The number of nitrogens with one attached hydrogen (secondary N) is 2. The molecule has 0 aliphatic rings. The van der Waals surface area contributed by atoms with E-state index in [1.54, 1.807) is 0 Å². The van der Waals surface area contributed by atoms with Gasteiger partial charge in [0.15, 0.2) is 0 Å². The van der Waals surface area contributed by atoms with Crippen molar-refractivity contribution >= 4 is 12.0 Å². The van der Waals surface area contributed by atoms with Crippen LogP contribution in [0.2, 0.25) is 0 Å². The van der Waals surface area contributed by atoms with Gasteiger partial charge >= 0.3 is 12.0 Å². The minimum atomic E-state index is -0.990. The zero-order valence-electron chi connectivity index (χ0n) is 12.0. The molecular weight excluding hydrogens is 232 g/mol. The van der Waals surface area contributed by atoms with E-state index in [9.17, 15) is 9.59 Å². The number of rotatable bonds is 6. The highest BCUT2D eigenvalue weighted by atomic mass is 16.4. The Morgan fingerprint density at radius 2 is 1.83 bits per heavy atom. The Bertz CT molecular complexity index is 284. The van der Waals surface area contributed by atoms with Crippen LogP contribution < -0.4 is 10.6 Å². The van der Waals surface area contributed by atoms with Crippen molar-refractivity contribution in [2.24, 2.45) is 11.3 Å². The molecular formula is C13H26N2O3. The molecule has 0 spiro atoms. The molecule has 106 valence electrons. The largest absolute Gasteiger partial charge is 0.480 e. The lowest BCUT2D eigenvalue weighted by molar-refractivity contribution is -0.140. The van der Waals surface area contributed by atoms with Crippen LogP contribution >= 0.6 is 0 Å². The van der Waals surface area contributed by atoms with Gasteiger partial charge in [-0.25, -0.2) is 9.59 Å². The van der Waals surface area contributed by atoms with Crippen LogP contribution in [0.1, 0.15) is 47.5 Å². The van der Waals surface area contributed by atoms with Gasteiger partial charge in [-0.15, -0.1) is 0 Å². The first-order valence-corrected chi connectivity index (χ1v) is 6.44. The maximum Gasteiger partial charge on any atom is 0.326 e. The predicted octanol–water partition coefficient (Wildman–Crippen LogP) is 2.22. The number of carboxylic acid groups (broad SMARTS) is 1. The van der Waals surface area contributed by atoms with E-state index in [-0.39, 0.29) is 11.3 Å². The van der Waals surface area contributed by atoms with Gasteiger partial charge in [0.1, 0.15) is 6.04 Å². The van der Waals surface area contributed by atoms with E-state index in [1.807, 2.05) is 13.8 Å². The number of hydrogen-bond donors (Lipinski definition) is 3. The van der Waals surface area contributed by atoms with Gasteiger partial charge in [0.25, 0.3) is 0 Å². The molecule has 0 aliphatic heterocycles. The Kier molecular flexibility index (Phi) is 6.73. The molecule has 18 heavy (non-hydrogen) atoms. The molecule has 5 nitrogen and oxygen atoms in total. The van der Waals surface area contributed by atoms with Crippen LogP contribution in [-0.2, 0) is 4.79 Å². The van der Waals surface area contributed by atoms with Crippen molar-refractivity contribution in [3.05, 3.63) is 0 Å². The van der Waals surface area contributed by atoms with E-state index in [4.69, 9.17) is 5.11 Å². The molecule has 3 N–H and O–H groups in total. The summed E-state index contributed by atoms with van der Waals surface area (Å²) >= 11 is 0. The second-order valence-electron chi connectivity index (χ2n) is 5.91. The van der Waals surface area contributed by atoms with Gasteiger partial charge in [0.05, 0.1) is 0 Å². The number of aliphatic carboxylic acids is 1. The van der Waals surface area contributed by atoms with Crippen molar-refractivity contribution in [2.75, 3.05) is 6.54 Å². The molecule has 0 saturated heterocycles. The SMILES string of the molecule is CC[C@H](C)[C@H](NC(=O)NCCC(C)(C)C)C(=O)O. The van der Waals surface area contributed by atoms with Crippen molar-refractivity contribution in [3.8, 4) is 0 Å². The summed E-state index contributed by atoms with van der Waals surface area (Å²) in [5.41, 5.74) is 0.149. The maximum atomic E-state index is 11.6. The molecule has 0 rings (SSSR count). The highest BCUT2D eigenvalue weighted by Crippen LogP contribution is 2.16. The number of urea groups is 1. The summed E-state index contributed by atoms with van der Waals surface area (Å²) in [5.74, 6) is -1.08. The minimum Gasteiger partial charge on any atom is -0.480 e. The highest BCUT2D eigenvalue weighted by Gasteiger charge is 2.25. The Morgan fingerprint density at radius 3 is 2.22 bits per heavy atom. The van der Waals surface area contributed by atoms with Gasteiger partial charge in [0, 0.05) is 6.54 Å². The Balaban J connectivity index is 4.15. The molecule has 2 amide bonds. The van der Waals surface area contributed by atoms with Crippen molar-refractivity contribution in [3.63, 3.8) is 0 Å². The smallest absolute Gasteiger partial charge is 0.326 e. The van der Waals surface area contributed by atoms with Gasteiger partial charge in [0.2, 0.25) is 0 Å². The third kappa shape index (κ3) is 7.14. The number of carbonyl (C=O) groups excluding carboxylic acids is 1. The van der Waals surface area contributed by atoms with Gasteiger partial charge < -0.3 is 15.7 Å². The summed E-state index contributed by atoms with van der Waals surface area (Å²) < 4.78 is 0. The average Bonchev–Trinajstić information content (AvgIpc) is 2.22. The Labute approximate surface area is 109 Å². The van der Waals surface area contributed by atoms with Crippen molar-refractivity contribution in [2.45, 2.75) is 53.5 Å². The molecule has 5 heteroatoms. The predicted molar refractivity (Wildman–Crippen MR) is 71.5 cm³/mol. The Morgan fingerprint density at radius 1 is 1.28 bits per heavy atom. The summed E-state index contributed by atoms with van der Waals surface area (Å²) in [6, 6.07) is -1.24. The first-order chi connectivity index (χ1) is 8.17. The summed E-state index contributed by atoms with van der Waals surface area (Å²) in [5, 5.41) is 14.2. The molecule has 2 atom stereocenters. The lowest BCUT2D eigenvalue weighted by Crippen LogP contribution is -2.49. The van der Waals surface area contributed by atoms with Crippen LogP contribution in [0.4, 0.5) is 4.79 Å². The molecule has 0 unspecified atom stereocenters. The zero-order chi connectivity index (χ0) is 14.3. The monoisotopic (exact) mass is 258 g/mol. The standard InChI is InChI=1S/C13H26N2O3/c1-6-9(2)10(11(16)17)15-12(18)14-8-7-13(3,4)5/h9-10H,6-8H2,1-5H3,(H,16,17)(H2,14,15,18)/t9-,10-/m0/s1. The molecule has 0 saturated carbocycles. The second-order valence-corrected chi connectivity index (χ2v) is 5.91.